The second kappa shape index (κ2) is 5.04. The van der Waals surface area contributed by atoms with Gasteiger partial charge in [-0.15, -0.1) is 0 Å². The smallest absolute Gasteiger partial charge is 0.343 e. The fraction of sp³-hybridized carbons (Fsp3) is 0.286. The first kappa shape index (κ1) is 12.4. The zero-order chi connectivity index (χ0) is 13.1. The fourth-order valence-corrected chi connectivity index (χ4v) is 1.96. The Balaban J connectivity index is 2.33. The molecule has 0 amide bonds. The Morgan fingerprint density at radius 1 is 1.44 bits per heavy atom. The van der Waals surface area contributed by atoms with Gasteiger partial charge in [-0.3, -0.25) is 4.99 Å². The summed E-state index contributed by atoms with van der Waals surface area (Å²) in [6.07, 6.45) is 0.544. The van der Waals surface area contributed by atoms with Gasteiger partial charge in [-0.2, -0.15) is 0 Å². The van der Waals surface area contributed by atoms with Crippen molar-refractivity contribution in [2.45, 2.75) is 20.3 Å². The molecular weight excluding hydrogens is 230 g/mol. The van der Waals surface area contributed by atoms with E-state index < -0.39 is 5.97 Å². The van der Waals surface area contributed by atoms with Crippen LogP contribution in [-0.2, 0) is 16.0 Å². The number of hydrogen-bond donors (Lipinski definition) is 1. The van der Waals surface area contributed by atoms with Crippen molar-refractivity contribution in [3.63, 3.8) is 0 Å². The van der Waals surface area contributed by atoms with E-state index in [0.717, 1.165) is 11.3 Å². The van der Waals surface area contributed by atoms with Gasteiger partial charge in [-0.1, -0.05) is 18.2 Å². The molecule has 0 atom stereocenters. The van der Waals surface area contributed by atoms with Crippen molar-refractivity contribution in [3.8, 4) is 0 Å². The van der Waals surface area contributed by atoms with Crippen molar-refractivity contribution in [3.05, 3.63) is 41.2 Å². The summed E-state index contributed by atoms with van der Waals surface area (Å²) in [4.78, 5) is 16.2. The number of esters is 1. The minimum absolute atomic E-state index is 0.0555. The summed E-state index contributed by atoms with van der Waals surface area (Å²) in [5.41, 5.74) is 2.63. The molecule has 0 aromatic heterocycles. The van der Waals surface area contributed by atoms with Gasteiger partial charge in [0.1, 0.15) is 11.3 Å². The molecular formula is C14H15NO3. The first-order chi connectivity index (χ1) is 8.63. The molecule has 4 nitrogen and oxygen atoms in total. The first-order valence-corrected chi connectivity index (χ1v) is 5.86. The highest BCUT2D eigenvalue weighted by Crippen LogP contribution is 2.29. The Labute approximate surface area is 106 Å². The molecule has 0 saturated carbocycles. The highest BCUT2D eigenvalue weighted by atomic mass is 16.5. The Bertz CT molecular complexity index is 540. The van der Waals surface area contributed by atoms with Gasteiger partial charge in [0.2, 0.25) is 0 Å². The second-order valence-corrected chi connectivity index (χ2v) is 4.04. The van der Waals surface area contributed by atoms with Crippen LogP contribution in [0.1, 0.15) is 19.4 Å². The van der Waals surface area contributed by atoms with Gasteiger partial charge in [0.05, 0.1) is 18.0 Å². The van der Waals surface area contributed by atoms with E-state index in [0.29, 0.717) is 12.1 Å². The van der Waals surface area contributed by atoms with Gasteiger partial charge in [0.25, 0.3) is 0 Å². The normalized spacial score (nSPS) is 14.7. The average molecular weight is 245 g/mol. The third kappa shape index (κ3) is 2.27. The largest absolute Gasteiger partial charge is 0.512 e. The molecule has 1 N–H and O–H groups in total. The number of nitrogens with zero attached hydrogens (tertiary/aromatic N) is 1. The number of benzene rings is 1. The van der Waals surface area contributed by atoms with E-state index in [1.807, 2.05) is 24.3 Å². The lowest BCUT2D eigenvalue weighted by Gasteiger charge is -2.07. The third-order valence-corrected chi connectivity index (χ3v) is 2.73. The van der Waals surface area contributed by atoms with Crippen LogP contribution < -0.4 is 0 Å². The van der Waals surface area contributed by atoms with E-state index in [9.17, 15) is 9.90 Å². The van der Waals surface area contributed by atoms with Crippen LogP contribution in [0.2, 0.25) is 0 Å². The Morgan fingerprint density at radius 3 is 2.78 bits per heavy atom. The van der Waals surface area contributed by atoms with Crippen molar-refractivity contribution in [2.75, 3.05) is 6.61 Å². The minimum Gasteiger partial charge on any atom is -0.512 e. The summed E-state index contributed by atoms with van der Waals surface area (Å²) >= 11 is 0. The monoisotopic (exact) mass is 245 g/mol. The topological polar surface area (TPSA) is 58.9 Å². The molecule has 1 aliphatic rings. The van der Waals surface area contributed by atoms with E-state index in [1.165, 1.54) is 6.92 Å². The first-order valence-electron chi connectivity index (χ1n) is 5.86. The molecule has 1 aliphatic heterocycles. The summed E-state index contributed by atoms with van der Waals surface area (Å²) in [6.45, 7) is 3.47. The SMILES string of the molecule is CCOC(=O)C(C1=Nc2ccccc2C1)=C(C)O. The van der Waals surface area contributed by atoms with Crippen molar-refractivity contribution >= 4 is 17.4 Å². The van der Waals surface area contributed by atoms with Gasteiger partial charge in [0, 0.05) is 6.42 Å². The predicted molar refractivity (Wildman–Crippen MR) is 69.2 cm³/mol. The maximum absolute atomic E-state index is 11.8. The van der Waals surface area contributed by atoms with Crippen LogP contribution in [0.25, 0.3) is 0 Å². The second-order valence-electron chi connectivity index (χ2n) is 4.04. The molecule has 0 bridgehead atoms. The van der Waals surface area contributed by atoms with Crippen LogP contribution in [0.5, 0.6) is 0 Å². The zero-order valence-corrected chi connectivity index (χ0v) is 10.4. The molecule has 0 spiro atoms. The number of carbonyl (C=O) groups is 1. The molecule has 18 heavy (non-hydrogen) atoms. The van der Waals surface area contributed by atoms with Crippen molar-refractivity contribution in [2.24, 2.45) is 4.99 Å². The van der Waals surface area contributed by atoms with Crippen LogP contribution in [0, 0.1) is 0 Å². The number of carbonyl (C=O) groups excluding carboxylic acids is 1. The lowest BCUT2D eigenvalue weighted by Crippen LogP contribution is -2.18. The van der Waals surface area contributed by atoms with Gasteiger partial charge in [-0.05, 0) is 25.5 Å². The molecule has 0 radical (unpaired) electrons. The molecule has 0 unspecified atom stereocenters. The molecule has 1 heterocycles. The van der Waals surface area contributed by atoms with E-state index in [4.69, 9.17) is 4.74 Å². The molecule has 4 heteroatoms. The van der Waals surface area contributed by atoms with Crippen LogP contribution in [0.3, 0.4) is 0 Å². The van der Waals surface area contributed by atoms with Gasteiger partial charge >= 0.3 is 5.97 Å². The number of aliphatic hydroxyl groups is 1. The summed E-state index contributed by atoms with van der Waals surface area (Å²) in [6, 6.07) is 7.67. The molecule has 2 rings (SSSR count). The summed E-state index contributed by atoms with van der Waals surface area (Å²) in [5, 5.41) is 9.65. The van der Waals surface area contributed by atoms with Gasteiger partial charge in [0.15, 0.2) is 0 Å². The van der Waals surface area contributed by atoms with Gasteiger partial charge in [-0.25, -0.2) is 4.79 Å². The minimum atomic E-state index is -0.524. The zero-order valence-electron chi connectivity index (χ0n) is 10.4. The number of fused-ring (bicyclic) bond motifs is 1. The van der Waals surface area contributed by atoms with Crippen LogP contribution in [-0.4, -0.2) is 23.4 Å². The molecule has 0 aliphatic carbocycles. The fourth-order valence-electron chi connectivity index (χ4n) is 1.96. The maximum atomic E-state index is 11.8. The molecule has 1 aromatic rings. The van der Waals surface area contributed by atoms with Crippen molar-refractivity contribution < 1.29 is 14.6 Å². The van der Waals surface area contributed by atoms with Crippen LogP contribution >= 0.6 is 0 Å². The molecule has 0 saturated heterocycles. The quantitative estimate of drug-likeness (QED) is 0.506. The third-order valence-electron chi connectivity index (χ3n) is 2.73. The predicted octanol–water partition coefficient (Wildman–Crippen LogP) is 2.71. The van der Waals surface area contributed by atoms with E-state index in [-0.39, 0.29) is 17.9 Å². The van der Waals surface area contributed by atoms with E-state index >= 15 is 0 Å². The maximum Gasteiger partial charge on any atom is 0.343 e. The van der Waals surface area contributed by atoms with Gasteiger partial charge < -0.3 is 9.84 Å². The lowest BCUT2D eigenvalue weighted by molar-refractivity contribution is -0.138. The number of ether oxygens (including phenoxy) is 1. The molecule has 1 aromatic carbocycles. The van der Waals surface area contributed by atoms with E-state index in [2.05, 4.69) is 4.99 Å². The number of allylic oxidation sites excluding steroid dienone is 1. The van der Waals surface area contributed by atoms with Crippen LogP contribution in [0.4, 0.5) is 5.69 Å². The van der Waals surface area contributed by atoms with Crippen LogP contribution in [0.15, 0.2) is 40.6 Å². The Kier molecular flexibility index (Phi) is 3.46. The highest BCUT2D eigenvalue weighted by Gasteiger charge is 2.25. The van der Waals surface area contributed by atoms with Crippen molar-refractivity contribution in [1.29, 1.82) is 0 Å². The number of para-hydroxylation sites is 1. The number of aliphatic imine (C=N–C) groups is 1. The molecule has 0 fully saturated rings. The Morgan fingerprint density at radius 2 is 2.17 bits per heavy atom. The van der Waals surface area contributed by atoms with E-state index in [1.54, 1.807) is 6.92 Å². The lowest BCUT2D eigenvalue weighted by atomic mass is 10.0. The highest BCUT2D eigenvalue weighted by molar-refractivity contribution is 6.22. The average Bonchev–Trinajstić information content (AvgIpc) is 2.71. The number of rotatable bonds is 3. The standard InChI is InChI=1S/C14H15NO3/c1-3-18-14(17)13(9(2)16)12-8-10-6-4-5-7-11(10)15-12/h4-7,16H,3,8H2,1-2H3. The summed E-state index contributed by atoms with van der Waals surface area (Å²) in [5.74, 6) is -0.580. The Hall–Kier alpha value is -2.10. The van der Waals surface area contributed by atoms with Crippen molar-refractivity contribution in [1.82, 2.24) is 0 Å². The number of aliphatic hydroxyl groups excluding tert-OH is 1. The molecule has 94 valence electrons. The summed E-state index contributed by atoms with van der Waals surface area (Å²) in [7, 11) is 0. The number of hydrogen-bond acceptors (Lipinski definition) is 4. The summed E-state index contributed by atoms with van der Waals surface area (Å²) < 4.78 is 4.94.